The molecular weight excluding hydrogens is 263 g/mol. The van der Waals surface area contributed by atoms with Gasteiger partial charge < -0.3 is 5.32 Å². The number of alkyl halides is 3. The van der Waals surface area contributed by atoms with E-state index in [-0.39, 0.29) is 12.0 Å². The molecule has 1 nitrogen and oxygen atoms in total. The van der Waals surface area contributed by atoms with Crippen LogP contribution in [0.1, 0.15) is 57.8 Å². The van der Waals surface area contributed by atoms with Crippen molar-refractivity contribution in [1.82, 2.24) is 5.32 Å². The predicted octanol–water partition coefficient (Wildman–Crippen LogP) is 4.83. The van der Waals surface area contributed by atoms with E-state index >= 15 is 0 Å². The summed E-state index contributed by atoms with van der Waals surface area (Å²) in [5.41, 5.74) is 1.36. The first kappa shape index (κ1) is 15.9. The zero-order valence-electron chi connectivity index (χ0n) is 12.3. The molecule has 1 saturated carbocycles. The van der Waals surface area contributed by atoms with Crippen molar-refractivity contribution >= 4 is 0 Å². The number of likely N-dealkylation sites (N-methyl/N-ethyl adjacent to an activating group) is 1. The van der Waals surface area contributed by atoms with Crippen LogP contribution in [0.15, 0.2) is 11.6 Å². The Morgan fingerprint density at radius 3 is 2.65 bits per heavy atom. The van der Waals surface area contributed by atoms with Gasteiger partial charge in [0.2, 0.25) is 0 Å². The molecule has 1 N–H and O–H groups in total. The summed E-state index contributed by atoms with van der Waals surface area (Å²) in [6.07, 6.45) is 6.29. The van der Waals surface area contributed by atoms with E-state index in [1.165, 1.54) is 24.8 Å². The summed E-state index contributed by atoms with van der Waals surface area (Å²) in [6.45, 7) is 0. The zero-order valence-corrected chi connectivity index (χ0v) is 12.3. The van der Waals surface area contributed by atoms with Crippen molar-refractivity contribution in [1.29, 1.82) is 0 Å². The molecule has 2 aliphatic rings. The normalized spacial score (nSPS) is 30.5. The number of halogens is 3. The van der Waals surface area contributed by atoms with Gasteiger partial charge in [0.1, 0.15) is 0 Å². The van der Waals surface area contributed by atoms with Gasteiger partial charge in [0.05, 0.1) is 5.92 Å². The smallest absolute Gasteiger partial charge is 0.313 e. The zero-order chi connectivity index (χ0) is 14.6. The molecule has 0 aromatic carbocycles. The molecule has 2 aliphatic carbocycles. The van der Waals surface area contributed by atoms with E-state index in [9.17, 15) is 13.2 Å². The highest BCUT2D eigenvalue weighted by Crippen LogP contribution is 2.42. The molecule has 0 radical (unpaired) electrons. The summed E-state index contributed by atoms with van der Waals surface area (Å²) in [5.74, 6) is -0.951. The Morgan fingerprint density at radius 1 is 1.15 bits per heavy atom. The van der Waals surface area contributed by atoms with Crippen LogP contribution in [0.3, 0.4) is 0 Å². The van der Waals surface area contributed by atoms with Crippen LogP contribution < -0.4 is 5.32 Å². The van der Waals surface area contributed by atoms with Crippen molar-refractivity contribution in [3.8, 4) is 0 Å². The van der Waals surface area contributed by atoms with Gasteiger partial charge in [-0.25, -0.2) is 0 Å². The van der Waals surface area contributed by atoms with Crippen LogP contribution in [-0.2, 0) is 0 Å². The fourth-order valence-corrected chi connectivity index (χ4v) is 3.87. The second-order valence-electron chi connectivity index (χ2n) is 6.31. The van der Waals surface area contributed by atoms with E-state index in [1.54, 1.807) is 0 Å². The fraction of sp³-hybridized carbons (Fsp3) is 0.875. The number of allylic oxidation sites excluding steroid dienone is 1. The third-order valence-corrected chi connectivity index (χ3v) is 4.94. The molecule has 20 heavy (non-hydrogen) atoms. The van der Waals surface area contributed by atoms with Crippen LogP contribution in [0.4, 0.5) is 13.2 Å². The van der Waals surface area contributed by atoms with Crippen LogP contribution in [-0.4, -0.2) is 19.3 Å². The Labute approximate surface area is 120 Å². The maximum atomic E-state index is 13.0. The van der Waals surface area contributed by atoms with Gasteiger partial charge in [-0.2, -0.15) is 13.2 Å². The lowest BCUT2D eigenvalue weighted by molar-refractivity contribution is -0.186. The molecule has 0 amide bonds. The van der Waals surface area contributed by atoms with E-state index in [4.69, 9.17) is 0 Å². The van der Waals surface area contributed by atoms with Crippen LogP contribution in [0.2, 0.25) is 0 Å². The van der Waals surface area contributed by atoms with Crippen LogP contribution in [0.25, 0.3) is 0 Å². The standard InChI is InChI=1S/C16H26F3N/c1-20-15(12-7-4-2-3-5-8-12)13-9-6-10-14(11-13)16(17,18)19/h7,13-15,20H,2-6,8-11H2,1H3. The Bertz CT molecular complexity index is 335. The molecule has 116 valence electrons. The maximum absolute atomic E-state index is 13.0. The number of rotatable bonds is 3. The van der Waals surface area contributed by atoms with Crippen molar-refractivity contribution in [3.63, 3.8) is 0 Å². The lowest BCUT2D eigenvalue weighted by Gasteiger charge is -2.36. The summed E-state index contributed by atoms with van der Waals surface area (Å²) in [5, 5.41) is 3.31. The quantitative estimate of drug-likeness (QED) is 0.733. The average Bonchev–Trinajstić information content (AvgIpc) is 2.68. The lowest BCUT2D eigenvalue weighted by atomic mass is 9.75. The highest BCUT2D eigenvalue weighted by atomic mass is 19.4. The van der Waals surface area contributed by atoms with Crippen LogP contribution in [0, 0.1) is 11.8 Å². The number of hydrogen-bond acceptors (Lipinski definition) is 1. The molecule has 3 atom stereocenters. The minimum Gasteiger partial charge on any atom is -0.313 e. The highest BCUT2D eigenvalue weighted by molar-refractivity contribution is 5.14. The van der Waals surface area contributed by atoms with Crippen molar-refractivity contribution in [2.75, 3.05) is 7.05 Å². The maximum Gasteiger partial charge on any atom is 0.391 e. The molecule has 0 aromatic heterocycles. The molecule has 0 heterocycles. The van der Waals surface area contributed by atoms with Crippen molar-refractivity contribution in [2.24, 2.45) is 11.8 Å². The Kier molecular flexibility index (Phi) is 5.53. The molecule has 0 saturated heterocycles. The summed E-state index contributed by atoms with van der Waals surface area (Å²) in [6, 6.07) is 0.151. The van der Waals surface area contributed by atoms with Crippen LogP contribution in [0.5, 0.6) is 0 Å². The average molecular weight is 289 g/mol. The first-order chi connectivity index (χ1) is 9.52. The Balaban J connectivity index is 2.04. The molecule has 1 fully saturated rings. The van der Waals surface area contributed by atoms with Gasteiger partial charge in [0.15, 0.2) is 0 Å². The molecule has 0 aliphatic heterocycles. The Hall–Kier alpha value is -0.510. The molecular formula is C16H26F3N. The van der Waals surface area contributed by atoms with Gasteiger partial charge in [-0.3, -0.25) is 0 Å². The Morgan fingerprint density at radius 2 is 1.95 bits per heavy atom. The van der Waals surface area contributed by atoms with Gasteiger partial charge in [-0.15, -0.1) is 0 Å². The van der Waals surface area contributed by atoms with Gasteiger partial charge >= 0.3 is 6.18 Å². The molecule has 3 unspecified atom stereocenters. The minimum atomic E-state index is -4.02. The monoisotopic (exact) mass is 289 g/mol. The van der Waals surface area contributed by atoms with Gasteiger partial charge in [0, 0.05) is 6.04 Å². The molecule has 0 bridgehead atoms. The van der Waals surface area contributed by atoms with Crippen molar-refractivity contribution in [3.05, 3.63) is 11.6 Å². The van der Waals surface area contributed by atoms with E-state index < -0.39 is 12.1 Å². The van der Waals surface area contributed by atoms with E-state index in [1.807, 2.05) is 7.05 Å². The summed E-state index contributed by atoms with van der Waals surface area (Å²) < 4.78 is 38.9. The molecule has 2 rings (SSSR count). The number of nitrogens with one attached hydrogen (secondary N) is 1. The molecule has 4 heteroatoms. The van der Waals surface area contributed by atoms with E-state index in [0.717, 1.165) is 19.3 Å². The third kappa shape index (κ3) is 4.00. The highest BCUT2D eigenvalue weighted by Gasteiger charge is 2.43. The fourth-order valence-electron chi connectivity index (χ4n) is 3.87. The van der Waals surface area contributed by atoms with Gasteiger partial charge in [0.25, 0.3) is 0 Å². The molecule has 0 aromatic rings. The number of hydrogen-bond donors (Lipinski definition) is 1. The first-order valence-electron chi connectivity index (χ1n) is 7.95. The van der Waals surface area contributed by atoms with E-state index in [0.29, 0.717) is 19.3 Å². The van der Waals surface area contributed by atoms with Gasteiger partial charge in [-0.05, 0) is 57.9 Å². The van der Waals surface area contributed by atoms with Gasteiger partial charge in [-0.1, -0.05) is 24.5 Å². The van der Waals surface area contributed by atoms with E-state index in [2.05, 4.69) is 11.4 Å². The first-order valence-corrected chi connectivity index (χ1v) is 7.95. The third-order valence-electron chi connectivity index (χ3n) is 4.94. The van der Waals surface area contributed by atoms with Crippen LogP contribution >= 0.6 is 0 Å². The predicted molar refractivity (Wildman–Crippen MR) is 75.5 cm³/mol. The minimum absolute atomic E-state index is 0.143. The van der Waals surface area contributed by atoms with Crippen molar-refractivity contribution < 1.29 is 13.2 Å². The summed E-state index contributed by atoms with van der Waals surface area (Å²) >= 11 is 0. The largest absolute Gasteiger partial charge is 0.391 e. The SMILES string of the molecule is CNC(C1=CCCCCC1)C1CCCC(C(F)(F)F)C1. The summed E-state index contributed by atoms with van der Waals surface area (Å²) in [4.78, 5) is 0. The summed E-state index contributed by atoms with van der Waals surface area (Å²) in [7, 11) is 1.90. The van der Waals surface area contributed by atoms with Crippen molar-refractivity contribution in [2.45, 2.75) is 70.0 Å². The molecule has 0 spiro atoms. The second-order valence-corrected chi connectivity index (χ2v) is 6.31. The lowest BCUT2D eigenvalue weighted by Crippen LogP contribution is -2.40. The second kappa shape index (κ2) is 6.97. The topological polar surface area (TPSA) is 12.0 Å².